The van der Waals surface area contributed by atoms with E-state index in [2.05, 4.69) is 25.1 Å². The first-order valence-corrected chi connectivity index (χ1v) is 6.26. The molecule has 86 valence electrons. The van der Waals surface area contributed by atoms with Gasteiger partial charge in [0.1, 0.15) is 11.9 Å². The van der Waals surface area contributed by atoms with Gasteiger partial charge in [0.15, 0.2) is 0 Å². The lowest BCUT2D eigenvalue weighted by Crippen LogP contribution is -2.33. The van der Waals surface area contributed by atoms with Crippen molar-refractivity contribution >= 4 is 0 Å². The summed E-state index contributed by atoms with van der Waals surface area (Å²) in [7, 11) is 0. The van der Waals surface area contributed by atoms with Crippen molar-refractivity contribution in [1.29, 1.82) is 0 Å². The Bertz CT molecular complexity index is 407. The Morgan fingerprint density at radius 3 is 2.81 bits per heavy atom. The summed E-state index contributed by atoms with van der Waals surface area (Å²) in [4.78, 5) is 0. The van der Waals surface area contributed by atoms with Gasteiger partial charge in [-0.15, -0.1) is 0 Å². The maximum absolute atomic E-state index is 6.47. The van der Waals surface area contributed by atoms with Gasteiger partial charge in [0.2, 0.25) is 0 Å². The first-order valence-electron chi connectivity index (χ1n) is 6.26. The van der Waals surface area contributed by atoms with Gasteiger partial charge in [-0.3, -0.25) is 0 Å². The van der Waals surface area contributed by atoms with E-state index in [0.29, 0.717) is 6.10 Å². The van der Waals surface area contributed by atoms with E-state index in [1.54, 1.807) is 0 Å². The van der Waals surface area contributed by atoms with E-state index in [9.17, 15) is 0 Å². The van der Waals surface area contributed by atoms with Crippen molar-refractivity contribution in [3.8, 4) is 5.75 Å². The minimum absolute atomic E-state index is 0.0686. The summed E-state index contributed by atoms with van der Waals surface area (Å²) in [5.41, 5.74) is 9.04. The van der Waals surface area contributed by atoms with Crippen LogP contribution in [0.3, 0.4) is 0 Å². The Balaban J connectivity index is 1.95. The third-order valence-corrected chi connectivity index (χ3v) is 3.97. The van der Waals surface area contributed by atoms with E-state index < -0.39 is 0 Å². The van der Waals surface area contributed by atoms with Gasteiger partial charge in [-0.2, -0.15) is 0 Å². The molecule has 1 saturated carbocycles. The first-order chi connectivity index (χ1) is 7.67. The van der Waals surface area contributed by atoms with Gasteiger partial charge < -0.3 is 10.5 Å². The summed E-state index contributed by atoms with van der Waals surface area (Å²) < 4.78 is 5.72. The van der Waals surface area contributed by atoms with Crippen molar-refractivity contribution in [2.24, 2.45) is 5.73 Å². The Kier molecular flexibility index (Phi) is 2.21. The smallest absolute Gasteiger partial charge is 0.123 e. The van der Waals surface area contributed by atoms with Crippen LogP contribution in [0.25, 0.3) is 0 Å². The Morgan fingerprint density at radius 2 is 2.06 bits per heavy atom. The van der Waals surface area contributed by atoms with E-state index >= 15 is 0 Å². The quantitative estimate of drug-likeness (QED) is 0.785. The van der Waals surface area contributed by atoms with Crippen molar-refractivity contribution in [3.05, 3.63) is 29.3 Å². The van der Waals surface area contributed by atoms with Crippen molar-refractivity contribution < 1.29 is 4.74 Å². The Labute approximate surface area is 96.8 Å². The van der Waals surface area contributed by atoms with Gasteiger partial charge in [-0.05, 0) is 37.0 Å². The molecule has 0 spiro atoms. The number of benzene rings is 1. The molecule has 0 saturated heterocycles. The average Bonchev–Trinajstić information content (AvgIpc) is 2.82. The van der Waals surface area contributed by atoms with Crippen molar-refractivity contribution in [2.45, 2.75) is 50.7 Å². The Morgan fingerprint density at radius 1 is 1.31 bits per heavy atom. The fourth-order valence-corrected chi connectivity index (χ4v) is 3.03. The molecule has 16 heavy (non-hydrogen) atoms. The van der Waals surface area contributed by atoms with Crippen LogP contribution in [0.1, 0.15) is 43.7 Å². The number of hydrogen-bond donors (Lipinski definition) is 1. The Hall–Kier alpha value is -1.02. The zero-order chi connectivity index (χ0) is 11.2. The molecule has 0 radical (unpaired) electrons. The molecule has 1 atom stereocenters. The highest BCUT2D eigenvalue weighted by Crippen LogP contribution is 2.39. The molecule has 0 amide bonds. The largest absolute Gasteiger partial charge is 0.490 e. The van der Waals surface area contributed by atoms with Crippen LogP contribution in [0.4, 0.5) is 0 Å². The maximum Gasteiger partial charge on any atom is 0.123 e. The first kappa shape index (κ1) is 10.2. The molecule has 3 rings (SSSR count). The van der Waals surface area contributed by atoms with E-state index in [1.807, 2.05) is 0 Å². The second kappa shape index (κ2) is 3.49. The summed E-state index contributed by atoms with van der Waals surface area (Å²) in [6.07, 6.45) is 6.13. The molecule has 0 bridgehead atoms. The maximum atomic E-state index is 6.47. The summed E-state index contributed by atoms with van der Waals surface area (Å²) in [6, 6.07) is 6.52. The third-order valence-electron chi connectivity index (χ3n) is 3.97. The zero-order valence-corrected chi connectivity index (χ0v) is 9.83. The zero-order valence-electron chi connectivity index (χ0n) is 9.83. The van der Waals surface area contributed by atoms with E-state index in [-0.39, 0.29) is 5.54 Å². The highest BCUT2D eigenvalue weighted by atomic mass is 16.5. The van der Waals surface area contributed by atoms with Gasteiger partial charge in [-0.1, -0.05) is 25.0 Å². The molecule has 1 fully saturated rings. The molecule has 2 N–H and O–H groups in total. The van der Waals surface area contributed by atoms with Gasteiger partial charge >= 0.3 is 0 Å². The second-order valence-electron chi connectivity index (χ2n) is 5.32. The molecule has 2 aliphatic rings. The van der Waals surface area contributed by atoms with Crippen LogP contribution in [0.15, 0.2) is 18.2 Å². The van der Waals surface area contributed by atoms with Crippen LogP contribution < -0.4 is 10.5 Å². The average molecular weight is 217 g/mol. The summed E-state index contributed by atoms with van der Waals surface area (Å²) in [6.45, 7) is 2.12. The lowest BCUT2D eigenvalue weighted by molar-refractivity contribution is 0.254. The monoisotopic (exact) mass is 217 g/mol. The molecule has 1 aromatic carbocycles. The number of hydrogen-bond acceptors (Lipinski definition) is 2. The molecular weight excluding hydrogens is 198 g/mol. The normalized spacial score (nSPS) is 26.5. The molecule has 2 heteroatoms. The lowest BCUT2D eigenvalue weighted by Gasteiger charge is -2.24. The molecule has 1 unspecified atom stereocenters. The number of fused-ring (bicyclic) bond motifs is 1. The minimum Gasteiger partial charge on any atom is -0.490 e. The van der Waals surface area contributed by atoms with Gasteiger partial charge in [-0.25, -0.2) is 0 Å². The third kappa shape index (κ3) is 1.52. The minimum atomic E-state index is -0.0686. The van der Waals surface area contributed by atoms with Gasteiger partial charge in [0.25, 0.3) is 0 Å². The summed E-state index contributed by atoms with van der Waals surface area (Å²) in [5, 5.41) is 0. The van der Waals surface area contributed by atoms with E-state index in [4.69, 9.17) is 10.5 Å². The summed E-state index contributed by atoms with van der Waals surface area (Å²) in [5.74, 6) is 1.05. The van der Waals surface area contributed by atoms with Crippen LogP contribution >= 0.6 is 0 Å². The fourth-order valence-electron chi connectivity index (χ4n) is 3.03. The van der Waals surface area contributed by atoms with E-state index in [0.717, 1.165) is 25.0 Å². The van der Waals surface area contributed by atoms with E-state index in [1.165, 1.54) is 24.0 Å². The number of nitrogens with two attached hydrogens (primary N) is 1. The highest BCUT2D eigenvalue weighted by molar-refractivity contribution is 5.43. The lowest BCUT2D eigenvalue weighted by atomic mass is 9.88. The van der Waals surface area contributed by atoms with Crippen LogP contribution in [0.2, 0.25) is 0 Å². The predicted octanol–water partition coefficient (Wildman–Crippen LogP) is 2.74. The molecular formula is C14H19NO. The second-order valence-corrected chi connectivity index (χ2v) is 5.32. The predicted molar refractivity (Wildman–Crippen MR) is 64.6 cm³/mol. The van der Waals surface area contributed by atoms with Crippen LogP contribution in [0.5, 0.6) is 5.75 Å². The standard InChI is InChI=1S/C14H19NO/c1-10-8-11-9-12(4-5-13(11)16-10)14(15)6-2-3-7-14/h4-5,9-10H,2-3,6-8,15H2,1H3. The number of ether oxygens (including phenoxy) is 1. The fraction of sp³-hybridized carbons (Fsp3) is 0.571. The van der Waals surface area contributed by atoms with Crippen LogP contribution in [-0.4, -0.2) is 6.10 Å². The molecule has 1 heterocycles. The van der Waals surface area contributed by atoms with Crippen LogP contribution in [0, 0.1) is 0 Å². The van der Waals surface area contributed by atoms with Gasteiger partial charge in [0, 0.05) is 12.0 Å². The summed E-state index contributed by atoms with van der Waals surface area (Å²) >= 11 is 0. The van der Waals surface area contributed by atoms with Crippen molar-refractivity contribution in [3.63, 3.8) is 0 Å². The molecule has 1 aliphatic heterocycles. The van der Waals surface area contributed by atoms with Crippen LogP contribution in [-0.2, 0) is 12.0 Å². The molecule has 1 aromatic rings. The number of rotatable bonds is 1. The topological polar surface area (TPSA) is 35.2 Å². The molecule has 2 nitrogen and oxygen atoms in total. The molecule has 1 aliphatic carbocycles. The highest BCUT2D eigenvalue weighted by Gasteiger charge is 2.32. The SMILES string of the molecule is CC1Cc2cc(C3(N)CCCC3)ccc2O1. The van der Waals surface area contributed by atoms with Gasteiger partial charge in [0.05, 0.1) is 0 Å². The van der Waals surface area contributed by atoms with Crippen molar-refractivity contribution in [2.75, 3.05) is 0 Å². The van der Waals surface area contributed by atoms with Crippen molar-refractivity contribution in [1.82, 2.24) is 0 Å². The molecule has 0 aromatic heterocycles.